The van der Waals surface area contributed by atoms with Crippen LogP contribution >= 0.6 is 0 Å². The SMILES string of the molecule is O=S(=O)([O-])O.O=S(=O)([O-])O.c1cnc[n+](-[n+]2cccnc2)c1. The molecule has 0 aliphatic carbocycles. The molecule has 0 spiro atoms. The lowest BCUT2D eigenvalue weighted by Crippen LogP contribution is -2.65. The third kappa shape index (κ3) is 16.0. The molecule has 0 amide bonds. The summed E-state index contributed by atoms with van der Waals surface area (Å²) in [6.45, 7) is 0. The number of hydrogen-bond acceptors (Lipinski definition) is 8. The zero-order valence-corrected chi connectivity index (χ0v) is 12.2. The number of nitrogens with zero attached hydrogens (tertiary/aromatic N) is 4. The van der Waals surface area contributed by atoms with Crippen molar-refractivity contribution in [3.05, 3.63) is 49.6 Å². The van der Waals surface area contributed by atoms with Crippen molar-refractivity contribution >= 4 is 20.8 Å². The van der Waals surface area contributed by atoms with Crippen LogP contribution in [0.1, 0.15) is 0 Å². The van der Waals surface area contributed by atoms with E-state index in [1.807, 2.05) is 33.9 Å². The van der Waals surface area contributed by atoms with Gasteiger partial charge in [-0.1, -0.05) is 19.3 Å². The maximum Gasteiger partial charge on any atom is 0.326 e. The highest BCUT2D eigenvalue weighted by molar-refractivity contribution is 7.80. The Morgan fingerprint density at radius 2 is 1.05 bits per heavy atom. The van der Waals surface area contributed by atoms with E-state index < -0.39 is 20.8 Å². The Kier molecular flexibility index (Phi) is 8.17. The van der Waals surface area contributed by atoms with Crippen LogP contribution in [0.25, 0.3) is 0 Å². The van der Waals surface area contributed by atoms with Gasteiger partial charge in [-0.25, -0.2) is 16.8 Å². The highest BCUT2D eigenvalue weighted by atomic mass is 32.3. The van der Waals surface area contributed by atoms with Crippen LogP contribution in [0.3, 0.4) is 0 Å². The fraction of sp³-hybridized carbons (Fsp3) is 0. The molecule has 0 aliphatic heterocycles. The van der Waals surface area contributed by atoms with Crippen LogP contribution in [0.2, 0.25) is 0 Å². The van der Waals surface area contributed by atoms with Crippen LogP contribution in [-0.2, 0) is 20.8 Å². The Morgan fingerprint density at radius 1 is 0.773 bits per heavy atom. The van der Waals surface area contributed by atoms with Gasteiger partial charge in [0.25, 0.3) is 0 Å². The molecule has 0 radical (unpaired) electrons. The van der Waals surface area contributed by atoms with Gasteiger partial charge in [-0.2, -0.15) is 0 Å². The van der Waals surface area contributed by atoms with Gasteiger partial charge < -0.3 is 9.11 Å². The predicted octanol–water partition coefficient (Wildman–Crippen LogP) is -2.63. The van der Waals surface area contributed by atoms with Crippen molar-refractivity contribution in [1.29, 1.82) is 0 Å². The van der Waals surface area contributed by atoms with Gasteiger partial charge in [-0.3, -0.25) is 9.11 Å². The molecule has 0 aliphatic rings. The Labute approximate surface area is 125 Å². The fourth-order valence-electron chi connectivity index (χ4n) is 0.917. The second kappa shape index (κ2) is 9.03. The van der Waals surface area contributed by atoms with Crippen molar-refractivity contribution < 1.29 is 44.4 Å². The molecule has 2 aromatic rings. The minimum atomic E-state index is -4.92. The van der Waals surface area contributed by atoms with Gasteiger partial charge in [0, 0.05) is 12.1 Å². The van der Waals surface area contributed by atoms with Gasteiger partial charge >= 0.3 is 12.7 Å². The van der Waals surface area contributed by atoms with Gasteiger partial charge in [-0.05, 0) is 0 Å². The van der Waals surface area contributed by atoms with Crippen molar-refractivity contribution in [2.75, 3.05) is 0 Å². The molecule has 0 unspecified atom stereocenters. The van der Waals surface area contributed by atoms with E-state index in [0.29, 0.717) is 0 Å². The molecule has 0 atom stereocenters. The molecular weight excluding hydrogens is 344 g/mol. The summed E-state index contributed by atoms with van der Waals surface area (Å²) >= 11 is 0. The molecule has 22 heavy (non-hydrogen) atoms. The lowest BCUT2D eigenvalue weighted by atomic mass is 10.7. The minimum Gasteiger partial charge on any atom is -0.726 e. The molecule has 0 saturated heterocycles. The first-order chi connectivity index (χ1) is 9.97. The Morgan fingerprint density at radius 3 is 1.23 bits per heavy atom. The molecule has 2 N–H and O–H groups in total. The second-order valence-corrected chi connectivity index (χ2v) is 4.84. The fourth-order valence-corrected chi connectivity index (χ4v) is 0.917. The molecule has 0 fully saturated rings. The maximum absolute atomic E-state index is 8.63. The van der Waals surface area contributed by atoms with Crippen LogP contribution in [0.4, 0.5) is 0 Å². The van der Waals surface area contributed by atoms with E-state index in [2.05, 4.69) is 9.97 Å². The molecule has 2 aromatic heterocycles. The van der Waals surface area contributed by atoms with Crippen molar-refractivity contribution in [3.63, 3.8) is 0 Å². The molecule has 12 nitrogen and oxygen atoms in total. The van der Waals surface area contributed by atoms with E-state index in [0.717, 1.165) is 0 Å². The first-order valence-electron chi connectivity index (χ1n) is 4.96. The number of rotatable bonds is 1. The normalized spacial score (nSPS) is 10.5. The van der Waals surface area contributed by atoms with Crippen molar-refractivity contribution in [2.24, 2.45) is 0 Å². The van der Waals surface area contributed by atoms with Crippen LogP contribution in [0, 0.1) is 0 Å². The summed E-state index contributed by atoms with van der Waals surface area (Å²) in [7, 11) is -9.83. The van der Waals surface area contributed by atoms with E-state index in [9.17, 15) is 0 Å². The smallest absolute Gasteiger partial charge is 0.326 e. The van der Waals surface area contributed by atoms with E-state index >= 15 is 0 Å². The van der Waals surface area contributed by atoms with Crippen LogP contribution < -0.4 is 9.35 Å². The molecule has 0 bridgehead atoms. The summed E-state index contributed by atoms with van der Waals surface area (Å²) in [6.07, 6.45) is 10.7. The summed E-state index contributed by atoms with van der Waals surface area (Å²) in [5.41, 5.74) is 0. The highest BCUT2D eigenvalue weighted by Gasteiger charge is 2.01. The lowest BCUT2D eigenvalue weighted by molar-refractivity contribution is -1.30. The number of aromatic nitrogens is 4. The average Bonchev–Trinajstić information content (AvgIpc) is 2.37. The molecule has 0 aromatic carbocycles. The predicted molar refractivity (Wildman–Crippen MR) is 64.3 cm³/mol. The third-order valence-electron chi connectivity index (χ3n) is 1.46. The topological polar surface area (TPSA) is 188 Å². The van der Waals surface area contributed by atoms with Crippen molar-refractivity contribution in [2.45, 2.75) is 0 Å². The first kappa shape index (κ1) is 19.9. The summed E-state index contributed by atoms with van der Waals surface area (Å²) < 4.78 is 69.3. The summed E-state index contributed by atoms with van der Waals surface area (Å²) in [5.74, 6) is 0. The van der Waals surface area contributed by atoms with E-state index in [4.69, 9.17) is 35.0 Å². The Balaban J connectivity index is 0.000000372. The van der Waals surface area contributed by atoms with Crippen LogP contribution in [0.5, 0.6) is 0 Å². The van der Waals surface area contributed by atoms with Crippen molar-refractivity contribution in [3.8, 4) is 0 Å². The maximum atomic E-state index is 8.63. The Bertz CT molecular complexity index is 668. The molecule has 2 heterocycles. The van der Waals surface area contributed by atoms with Gasteiger partial charge in [0.05, 0.1) is 0 Å². The zero-order chi connectivity index (χ0) is 17.2. The van der Waals surface area contributed by atoms with E-state index in [1.165, 1.54) is 0 Å². The molecule has 14 heteroatoms. The zero-order valence-electron chi connectivity index (χ0n) is 10.6. The van der Waals surface area contributed by atoms with Crippen LogP contribution in [0.15, 0.2) is 49.6 Å². The standard InChI is InChI=1S/C8H8N4.2H2O4S/c1-3-9-7-11(5-1)12-6-2-4-10-8-12;2*1-5(2,3)4/h1-8H;2*(H2,1,2,3,4)/q+2;;/p-2. The van der Waals surface area contributed by atoms with E-state index in [-0.39, 0.29) is 0 Å². The molecule has 122 valence electrons. The van der Waals surface area contributed by atoms with Gasteiger partial charge in [0.2, 0.25) is 20.8 Å². The summed E-state index contributed by atoms with van der Waals surface area (Å²) in [5, 5.41) is 0. The van der Waals surface area contributed by atoms with Gasteiger partial charge in [0.15, 0.2) is 0 Å². The Hall–Kier alpha value is -2.10. The molecule has 0 saturated carbocycles. The van der Waals surface area contributed by atoms with Gasteiger partial charge in [-0.15, -0.1) is 0 Å². The summed E-state index contributed by atoms with van der Waals surface area (Å²) in [4.78, 5) is 7.95. The third-order valence-corrected chi connectivity index (χ3v) is 1.46. The molecular formula is C8H10N4O8S2. The minimum absolute atomic E-state index is 1.71. The number of hydrogen-bond donors (Lipinski definition) is 2. The highest BCUT2D eigenvalue weighted by Crippen LogP contribution is 1.69. The quantitative estimate of drug-likeness (QED) is 0.311. The largest absolute Gasteiger partial charge is 0.726 e. The second-order valence-electron chi connectivity index (χ2n) is 3.13. The van der Waals surface area contributed by atoms with E-state index in [1.54, 1.807) is 25.0 Å². The molecule has 2 rings (SSSR count). The van der Waals surface area contributed by atoms with Crippen LogP contribution in [-0.4, -0.2) is 45.0 Å². The first-order valence-corrected chi connectivity index (χ1v) is 7.69. The summed E-state index contributed by atoms with van der Waals surface area (Å²) in [6, 6.07) is 3.72. The lowest BCUT2D eigenvalue weighted by Gasteiger charge is -1.89. The monoisotopic (exact) mass is 354 g/mol. The van der Waals surface area contributed by atoms with Gasteiger partial charge in [0.1, 0.15) is 24.8 Å². The average molecular weight is 354 g/mol. The van der Waals surface area contributed by atoms with Crippen molar-refractivity contribution in [1.82, 2.24) is 9.97 Å².